The fourth-order valence-corrected chi connectivity index (χ4v) is 3.59. The molecule has 1 aromatic heterocycles. The zero-order valence-corrected chi connectivity index (χ0v) is 15.2. The van der Waals surface area contributed by atoms with Crippen LogP contribution in [0.3, 0.4) is 0 Å². The minimum Gasteiger partial charge on any atom is -0.378 e. The van der Waals surface area contributed by atoms with Gasteiger partial charge in [-0.05, 0) is 42.1 Å². The van der Waals surface area contributed by atoms with Gasteiger partial charge >= 0.3 is 0 Å². The maximum Gasteiger partial charge on any atom is 0.253 e. The summed E-state index contributed by atoms with van der Waals surface area (Å²) >= 11 is 0. The van der Waals surface area contributed by atoms with E-state index in [0.29, 0.717) is 5.92 Å². The summed E-state index contributed by atoms with van der Waals surface area (Å²) in [5, 5.41) is 2.37. The van der Waals surface area contributed by atoms with E-state index in [0.717, 1.165) is 41.8 Å². The van der Waals surface area contributed by atoms with Crippen molar-refractivity contribution in [2.45, 2.75) is 12.3 Å². The molecule has 1 unspecified atom stereocenters. The van der Waals surface area contributed by atoms with Crippen LogP contribution in [0.5, 0.6) is 0 Å². The first-order valence-corrected chi connectivity index (χ1v) is 9.03. The second-order valence-electron chi connectivity index (χ2n) is 7.13. The van der Waals surface area contributed by atoms with Gasteiger partial charge in [-0.2, -0.15) is 0 Å². The van der Waals surface area contributed by atoms with Crippen molar-refractivity contribution in [3.63, 3.8) is 0 Å². The average molecular weight is 345 g/mol. The van der Waals surface area contributed by atoms with Crippen LogP contribution in [-0.2, 0) is 0 Å². The Morgan fingerprint density at radius 2 is 1.81 bits per heavy atom. The van der Waals surface area contributed by atoms with Gasteiger partial charge in [0.05, 0.1) is 0 Å². The lowest BCUT2D eigenvalue weighted by Gasteiger charge is -2.18. The van der Waals surface area contributed by atoms with Crippen molar-refractivity contribution in [2.24, 2.45) is 0 Å². The molecule has 0 N–H and O–H groups in total. The van der Waals surface area contributed by atoms with E-state index in [1.54, 1.807) is 0 Å². The number of amides is 1. The summed E-state index contributed by atoms with van der Waals surface area (Å²) < 4.78 is 0. The first-order chi connectivity index (χ1) is 12.6. The van der Waals surface area contributed by atoms with Gasteiger partial charge in [0.2, 0.25) is 0 Å². The number of hydrogen-bond acceptors (Lipinski definition) is 3. The molecule has 1 aliphatic heterocycles. The van der Waals surface area contributed by atoms with E-state index in [-0.39, 0.29) is 5.91 Å². The molecule has 1 fully saturated rings. The molecule has 1 saturated heterocycles. The van der Waals surface area contributed by atoms with E-state index in [4.69, 9.17) is 0 Å². The number of pyridine rings is 1. The first kappa shape index (κ1) is 16.6. The van der Waals surface area contributed by atoms with E-state index in [1.807, 2.05) is 66.5 Å². The van der Waals surface area contributed by atoms with Crippen LogP contribution in [0.25, 0.3) is 10.8 Å². The van der Waals surface area contributed by atoms with Gasteiger partial charge in [-0.15, -0.1) is 0 Å². The number of nitrogens with zero attached hydrogens (tertiary/aromatic N) is 3. The lowest BCUT2D eigenvalue weighted by Crippen LogP contribution is -2.28. The monoisotopic (exact) mass is 345 g/mol. The third-order valence-electron chi connectivity index (χ3n) is 5.18. The van der Waals surface area contributed by atoms with E-state index in [1.165, 1.54) is 5.39 Å². The summed E-state index contributed by atoms with van der Waals surface area (Å²) in [6, 6.07) is 18.3. The van der Waals surface area contributed by atoms with Gasteiger partial charge < -0.3 is 9.80 Å². The van der Waals surface area contributed by atoms with E-state index in [2.05, 4.69) is 23.2 Å². The summed E-state index contributed by atoms with van der Waals surface area (Å²) in [4.78, 5) is 21.4. The number of benzene rings is 2. The quantitative estimate of drug-likeness (QED) is 0.722. The highest BCUT2D eigenvalue weighted by molar-refractivity contribution is 5.94. The molecule has 0 saturated carbocycles. The standard InChI is InChI=1S/C22H23N3O/c1-24(2)20-9-7-16(8-10-20)22(26)25-12-11-19(15-25)21-13-17-5-3-4-6-18(17)14-23-21/h3-10,13-14,19H,11-12,15H2,1-2H3. The number of carbonyl (C=O) groups excluding carboxylic acids is 1. The Morgan fingerprint density at radius 1 is 1.08 bits per heavy atom. The van der Waals surface area contributed by atoms with Crippen LogP contribution in [-0.4, -0.2) is 43.0 Å². The van der Waals surface area contributed by atoms with Crippen LogP contribution < -0.4 is 4.90 Å². The van der Waals surface area contributed by atoms with Crippen LogP contribution in [0.2, 0.25) is 0 Å². The number of aromatic nitrogens is 1. The fraction of sp³-hybridized carbons (Fsp3) is 0.273. The van der Waals surface area contributed by atoms with Crippen molar-refractivity contribution >= 4 is 22.4 Å². The Kier molecular flexibility index (Phi) is 4.33. The molecular weight excluding hydrogens is 322 g/mol. The van der Waals surface area contributed by atoms with Crippen molar-refractivity contribution in [2.75, 3.05) is 32.1 Å². The zero-order valence-electron chi connectivity index (χ0n) is 15.2. The van der Waals surface area contributed by atoms with Gasteiger partial charge in [0.25, 0.3) is 5.91 Å². The zero-order chi connectivity index (χ0) is 18.1. The molecule has 4 nitrogen and oxygen atoms in total. The predicted octanol–water partition coefficient (Wildman–Crippen LogP) is 3.93. The molecule has 0 spiro atoms. The number of carbonyl (C=O) groups is 1. The summed E-state index contributed by atoms with van der Waals surface area (Å²) in [5.41, 5.74) is 2.94. The molecule has 132 valence electrons. The second-order valence-corrected chi connectivity index (χ2v) is 7.13. The molecule has 4 heteroatoms. The molecule has 3 aromatic rings. The molecule has 2 aromatic carbocycles. The van der Waals surface area contributed by atoms with Crippen LogP contribution in [0, 0.1) is 0 Å². The Hall–Kier alpha value is -2.88. The van der Waals surface area contributed by atoms with E-state index < -0.39 is 0 Å². The molecule has 0 bridgehead atoms. The fourth-order valence-electron chi connectivity index (χ4n) is 3.59. The molecular formula is C22H23N3O. The number of fused-ring (bicyclic) bond motifs is 1. The van der Waals surface area contributed by atoms with Crippen molar-refractivity contribution in [1.82, 2.24) is 9.88 Å². The third-order valence-corrected chi connectivity index (χ3v) is 5.18. The largest absolute Gasteiger partial charge is 0.378 e. The summed E-state index contributed by atoms with van der Waals surface area (Å²) in [7, 11) is 4.00. The smallest absolute Gasteiger partial charge is 0.253 e. The average Bonchev–Trinajstić information content (AvgIpc) is 3.17. The van der Waals surface area contributed by atoms with Crippen molar-refractivity contribution < 1.29 is 4.79 Å². The number of anilines is 1. The van der Waals surface area contributed by atoms with Crippen LogP contribution in [0.4, 0.5) is 5.69 Å². The van der Waals surface area contributed by atoms with Crippen molar-refractivity contribution in [1.29, 1.82) is 0 Å². The van der Waals surface area contributed by atoms with E-state index in [9.17, 15) is 4.79 Å². The molecule has 1 amide bonds. The highest BCUT2D eigenvalue weighted by Gasteiger charge is 2.28. The maximum atomic E-state index is 12.8. The minimum atomic E-state index is 0.110. The SMILES string of the molecule is CN(C)c1ccc(C(=O)N2CCC(c3cc4ccccc4cn3)C2)cc1. The van der Waals surface area contributed by atoms with Gasteiger partial charge in [0, 0.05) is 61.6 Å². The molecule has 2 heterocycles. The minimum absolute atomic E-state index is 0.110. The second kappa shape index (κ2) is 6.79. The van der Waals surface area contributed by atoms with Gasteiger partial charge in [-0.3, -0.25) is 9.78 Å². The Balaban J connectivity index is 1.49. The number of likely N-dealkylation sites (tertiary alicyclic amines) is 1. The Morgan fingerprint density at radius 3 is 2.54 bits per heavy atom. The topological polar surface area (TPSA) is 36.4 Å². The summed E-state index contributed by atoms with van der Waals surface area (Å²) in [6.45, 7) is 1.52. The van der Waals surface area contributed by atoms with Gasteiger partial charge in [0.15, 0.2) is 0 Å². The van der Waals surface area contributed by atoms with Gasteiger partial charge in [-0.1, -0.05) is 24.3 Å². The van der Waals surface area contributed by atoms with Crippen LogP contribution in [0.1, 0.15) is 28.4 Å². The van der Waals surface area contributed by atoms with Crippen LogP contribution in [0.15, 0.2) is 60.8 Å². The Bertz CT molecular complexity index is 934. The third kappa shape index (κ3) is 3.15. The van der Waals surface area contributed by atoms with Crippen LogP contribution >= 0.6 is 0 Å². The van der Waals surface area contributed by atoms with Gasteiger partial charge in [0.1, 0.15) is 0 Å². The summed E-state index contributed by atoms with van der Waals surface area (Å²) in [6.07, 6.45) is 2.90. The normalized spacial score (nSPS) is 16.8. The molecule has 26 heavy (non-hydrogen) atoms. The molecule has 1 atom stereocenters. The molecule has 1 aliphatic rings. The predicted molar refractivity (Wildman–Crippen MR) is 106 cm³/mol. The van der Waals surface area contributed by atoms with Crippen molar-refractivity contribution in [3.8, 4) is 0 Å². The first-order valence-electron chi connectivity index (χ1n) is 9.03. The molecule has 4 rings (SSSR count). The summed E-state index contributed by atoms with van der Waals surface area (Å²) in [5.74, 6) is 0.420. The lowest BCUT2D eigenvalue weighted by atomic mass is 10.0. The highest BCUT2D eigenvalue weighted by atomic mass is 16.2. The molecule has 0 aliphatic carbocycles. The Labute approximate surface area is 154 Å². The van der Waals surface area contributed by atoms with Crippen molar-refractivity contribution in [3.05, 3.63) is 72.1 Å². The molecule has 0 radical (unpaired) electrons. The highest BCUT2D eigenvalue weighted by Crippen LogP contribution is 2.29. The van der Waals surface area contributed by atoms with Gasteiger partial charge in [-0.25, -0.2) is 0 Å². The number of rotatable bonds is 3. The van der Waals surface area contributed by atoms with E-state index >= 15 is 0 Å². The number of hydrogen-bond donors (Lipinski definition) is 0. The lowest BCUT2D eigenvalue weighted by molar-refractivity contribution is 0.0790. The maximum absolute atomic E-state index is 12.8.